The van der Waals surface area contributed by atoms with E-state index in [1.165, 1.54) is 0 Å². The molecule has 1 aliphatic heterocycles. The lowest BCUT2D eigenvalue weighted by atomic mass is 10.1. The van der Waals surface area contributed by atoms with Crippen molar-refractivity contribution in [3.8, 4) is 0 Å². The molecule has 0 saturated heterocycles. The van der Waals surface area contributed by atoms with Crippen molar-refractivity contribution in [2.24, 2.45) is 9.98 Å². The van der Waals surface area contributed by atoms with E-state index in [1.54, 1.807) is 0 Å². The Kier molecular flexibility index (Phi) is 4.40. The number of hydrogen-bond acceptors (Lipinski definition) is 3. The number of fused-ring (bicyclic) bond motifs is 2. The molecule has 0 unspecified atom stereocenters. The van der Waals surface area contributed by atoms with Crippen LogP contribution in [0, 0.1) is 0 Å². The fraction of sp³-hybridized carbons (Fsp3) is 0.182. The molecule has 0 amide bonds. The number of amidine groups is 1. The van der Waals surface area contributed by atoms with Crippen LogP contribution in [0.3, 0.4) is 0 Å². The van der Waals surface area contributed by atoms with Crippen molar-refractivity contribution in [2.75, 3.05) is 6.54 Å². The molecule has 130 valence electrons. The number of unbranched alkanes of at least 4 members (excludes halogenated alkanes) is 1. The molecular formula is C22H22N4. The lowest BCUT2D eigenvalue weighted by Gasteiger charge is -2.19. The second kappa shape index (κ2) is 7.00. The van der Waals surface area contributed by atoms with E-state index >= 15 is 0 Å². The summed E-state index contributed by atoms with van der Waals surface area (Å²) >= 11 is 0. The minimum Gasteiger partial charge on any atom is -0.351 e. The highest BCUT2D eigenvalue weighted by Gasteiger charge is 2.20. The molecule has 4 heteroatoms. The highest BCUT2D eigenvalue weighted by molar-refractivity contribution is 6.15. The van der Waals surface area contributed by atoms with E-state index in [9.17, 15) is 0 Å². The van der Waals surface area contributed by atoms with Gasteiger partial charge < -0.3 is 10.3 Å². The van der Waals surface area contributed by atoms with E-state index in [-0.39, 0.29) is 0 Å². The topological polar surface area (TPSA) is 52.5 Å². The zero-order valence-electron chi connectivity index (χ0n) is 14.9. The number of nitrogens with one attached hydrogen (secondary N) is 2. The summed E-state index contributed by atoms with van der Waals surface area (Å²) in [7, 11) is 0. The van der Waals surface area contributed by atoms with Crippen molar-refractivity contribution in [3.05, 3.63) is 71.9 Å². The first-order valence-corrected chi connectivity index (χ1v) is 9.03. The van der Waals surface area contributed by atoms with E-state index in [1.807, 2.05) is 42.6 Å². The number of hydrogen-bond donors (Lipinski definition) is 2. The van der Waals surface area contributed by atoms with Gasteiger partial charge in [-0.15, -0.1) is 0 Å². The molecule has 1 aromatic heterocycles. The number of rotatable bonds is 5. The molecule has 2 N–H and O–H groups in total. The molecule has 0 aliphatic carbocycles. The van der Waals surface area contributed by atoms with E-state index < -0.39 is 0 Å². The Labute approximate surface area is 153 Å². The average Bonchev–Trinajstić information content (AvgIpc) is 3.04. The van der Waals surface area contributed by atoms with Crippen LogP contribution in [0.25, 0.3) is 16.6 Å². The molecule has 4 nitrogen and oxygen atoms in total. The van der Waals surface area contributed by atoms with Crippen LogP contribution in [0.2, 0.25) is 0 Å². The molecule has 0 fully saturated rings. The van der Waals surface area contributed by atoms with Crippen molar-refractivity contribution < 1.29 is 0 Å². The van der Waals surface area contributed by atoms with Gasteiger partial charge in [0.15, 0.2) is 5.84 Å². The van der Waals surface area contributed by atoms with Crippen LogP contribution < -0.4 is 5.32 Å². The summed E-state index contributed by atoms with van der Waals surface area (Å²) < 4.78 is 0. The zero-order chi connectivity index (χ0) is 17.9. The average molecular weight is 342 g/mol. The summed E-state index contributed by atoms with van der Waals surface area (Å²) in [6.45, 7) is 7.18. The van der Waals surface area contributed by atoms with E-state index in [4.69, 9.17) is 4.99 Å². The molecule has 3 aromatic rings. The highest BCUT2D eigenvalue weighted by atomic mass is 15.1. The smallest absolute Gasteiger partial charge is 0.155 e. The highest BCUT2D eigenvalue weighted by Crippen LogP contribution is 2.30. The van der Waals surface area contributed by atoms with Gasteiger partial charge in [-0.3, -0.25) is 4.99 Å². The van der Waals surface area contributed by atoms with Gasteiger partial charge in [-0.2, -0.15) is 0 Å². The van der Waals surface area contributed by atoms with Crippen LogP contribution in [0.1, 0.15) is 36.6 Å². The number of para-hydroxylation sites is 2. The molecule has 0 radical (unpaired) electrons. The standard InChI is InChI=1S/C22H22N4/c1-3-4-13-23-14-18-17-10-6-8-12-20(17)25-21(18)22-24-15(2)16-9-5-7-11-19(16)26-22/h5-12,14,25H,2-4,13H2,1H3,(H,24,26). The number of aliphatic imine (C=N–C) groups is 2. The second-order valence-corrected chi connectivity index (χ2v) is 6.43. The number of H-pyrrole nitrogens is 1. The van der Waals surface area contributed by atoms with E-state index in [0.29, 0.717) is 0 Å². The van der Waals surface area contributed by atoms with Crippen LogP contribution in [0.5, 0.6) is 0 Å². The second-order valence-electron chi connectivity index (χ2n) is 6.43. The molecule has 0 bridgehead atoms. The number of nitrogens with zero attached hydrogens (tertiary/aromatic N) is 2. The fourth-order valence-electron chi connectivity index (χ4n) is 3.19. The van der Waals surface area contributed by atoms with Gasteiger partial charge in [-0.1, -0.05) is 56.3 Å². The van der Waals surface area contributed by atoms with Gasteiger partial charge in [0.25, 0.3) is 0 Å². The van der Waals surface area contributed by atoms with Crippen LogP contribution in [0.15, 0.2) is 65.1 Å². The first-order valence-electron chi connectivity index (χ1n) is 9.03. The summed E-state index contributed by atoms with van der Waals surface area (Å²) in [5.74, 6) is 0.779. The summed E-state index contributed by atoms with van der Waals surface area (Å²) in [5.41, 5.74) is 5.91. The lowest BCUT2D eigenvalue weighted by Crippen LogP contribution is -2.26. The lowest BCUT2D eigenvalue weighted by molar-refractivity contribution is 0.810. The Morgan fingerprint density at radius 2 is 1.92 bits per heavy atom. The zero-order valence-corrected chi connectivity index (χ0v) is 14.9. The predicted molar refractivity (Wildman–Crippen MR) is 110 cm³/mol. The third-order valence-electron chi connectivity index (χ3n) is 4.57. The van der Waals surface area contributed by atoms with Gasteiger partial charge in [-0.25, -0.2) is 4.99 Å². The van der Waals surface area contributed by atoms with Crippen molar-refractivity contribution in [2.45, 2.75) is 19.8 Å². The summed E-state index contributed by atoms with van der Waals surface area (Å²) in [6, 6.07) is 16.3. The molecule has 0 saturated carbocycles. The number of aromatic nitrogens is 1. The molecule has 2 aromatic carbocycles. The largest absolute Gasteiger partial charge is 0.351 e. The molecular weight excluding hydrogens is 320 g/mol. The third kappa shape index (κ3) is 2.94. The molecule has 0 atom stereocenters. The Morgan fingerprint density at radius 3 is 2.81 bits per heavy atom. The molecule has 0 spiro atoms. The van der Waals surface area contributed by atoms with Gasteiger partial charge in [-0.05, 0) is 18.6 Å². The Balaban J connectivity index is 1.83. The van der Waals surface area contributed by atoms with Crippen molar-refractivity contribution in [1.82, 2.24) is 10.3 Å². The molecule has 4 rings (SSSR count). The minimum absolute atomic E-state index is 0.779. The summed E-state index contributed by atoms with van der Waals surface area (Å²) in [6.07, 6.45) is 4.21. The monoisotopic (exact) mass is 342 g/mol. The number of aromatic amines is 1. The summed E-state index contributed by atoms with van der Waals surface area (Å²) in [4.78, 5) is 12.9. The molecule has 26 heavy (non-hydrogen) atoms. The quantitative estimate of drug-likeness (QED) is 0.495. The van der Waals surface area contributed by atoms with Gasteiger partial charge in [0, 0.05) is 40.5 Å². The minimum atomic E-state index is 0.779. The van der Waals surface area contributed by atoms with Gasteiger partial charge in [0.1, 0.15) is 0 Å². The van der Waals surface area contributed by atoms with Crippen molar-refractivity contribution >= 4 is 34.3 Å². The normalized spacial score (nSPS) is 13.7. The third-order valence-corrected chi connectivity index (χ3v) is 4.57. The van der Waals surface area contributed by atoms with Crippen molar-refractivity contribution in [3.63, 3.8) is 0 Å². The molecule has 1 aliphatic rings. The maximum Gasteiger partial charge on any atom is 0.155 e. The van der Waals surface area contributed by atoms with Crippen LogP contribution in [0.4, 0.5) is 5.69 Å². The maximum atomic E-state index is 4.82. The van der Waals surface area contributed by atoms with Gasteiger partial charge >= 0.3 is 0 Å². The van der Waals surface area contributed by atoms with Crippen molar-refractivity contribution in [1.29, 1.82) is 0 Å². The van der Waals surface area contributed by atoms with E-state index in [2.05, 4.69) is 40.9 Å². The maximum absolute atomic E-state index is 4.82. The Bertz CT molecular complexity index is 1020. The van der Waals surface area contributed by atoms with Gasteiger partial charge in [0.2, 0.25) is 0 Å². The van der Waals surface area contributed by atoms with Gasteiger partial charge in [0.05, 0.1) is 11.4 Å². The molecule has 2 heterocycles. The predicted octanol–water partition coefficient (Wildman–Crippen LogP) is 5.04. The first kappa shape index (κ1) is 16.3. The van der Waals surface area contributed by atoms with Crippen LogP contribution in [-0.4, -0.2) is 23.6 Å². The van der Waals surface area contributed by atoms with Crippen LogP contribution in [-0.2, 0) is 0 Å². The Morgan fingerprint density at radius 1 is 1.12 bits per heavy atom. The fourth-order valence-corrected chi connectivity index (χ4v) is 3.19. The van der Waals surface area contributed by atoms with Crippen LogP contribution >= 0.6 is 0 Å². The van der Waals surface area contributed by atoms with E-state index in [0.717, 1.165) is 64.3 Å². The summed E-state index contributed by atoms with van der Waals surface area (Å²) in [5, 5.41) is 4.50. The number of benzene rings is 2. The Hall–Kier alpha value is -3.14. The SMILES string of the molecule is C=C1NC(c2[nH]c3ccccc3c2C=NCCCC)=Nc2ccccc21. The first-order chi connectivity index (χ1) is 12.8.